The van der Waals surface area contributed by atoms with Crippen LogP contribution in [0.25, 0.3) is 0 Å². The highest BCUT2D eigenvalue weighted by atomic mass is 32.2. The summed E-state index contributed by atoms with van der Waals surface area (Å²) < 4.78 is 10.6. The molecule has 8 nitrogen and oxygen atoms in total. The van der Waals surface area contributed by atoms with Crippen molar-refractivity contribution in [2.24, 2.45) is 0 Å². The molecule has 0 saturated carbocycles. The fourth-order valence-electron chi connectivity index (χ4n) is 3.39. The van der Waals surface area contributed by atoms with Crippen LogP contribution in [0.2, 0.25) is 0 Å². The molecule has 0 aliphatic carbocycles. The van der Waals surface area contributed by atoms with Crippen LogP contribution in [0.1, 0.15) is 22.5 Å². The van der Waals surface area contributed by atoms with Crippen LogP contribution in [0.3, 0.4) is 0 Å². The number of methoxy groups -OCH3 is 2. The van der Waals surface area contributed by atoms with Crippen molar-refractivity contribution in [3.8, 4) is 11.5 Å². The van der Waals surface area contributed by atoms with Crippen LogP contribution in [0.5, 0.6) is 11.5 Å². The maximum absolute atomic E-state index is 13.2. The zero-order valence-corrected chi connectivity index (χ0v) is 21.4. The molecule has 0 radical (unpaired) electrons. The van der Waals surface area contributed by atoms with E-state index >= 15 is 0 Å². The Morgan fingerprint density at radius 3 is 2.26 bits per heavy atom. The first-order chi connectivity index (χ1) is 16.8. The minimum Gasteiger partial charge on any atom is -0.497 e. The lowest BCUT2D eigenvalue weighted by Crippen LogP contribution is -2.38. The van der Waals surface area contributed by atoms with Crippen LogP contribution >= 0.6 is 11.8 Å². The van der Waals surface area contributed by atoms with Gasteiger partial charge in [-0.05, 0) is 44.5 Å². The minimum atomic E-state index is -0.332. The molecule has 0 saturated heterocycles. The van der Waals surface area contributed by atoms with E-state index in [1.165, 1.54) is 23.8 Å². The molecule has 2 amide bonds. The molecule has 0 atom stereocenters. The molecule has 0 aliphatic rings. The monoisotopic (exact) mass is 494 g/mol. The summed E-state index contributed by atoms with van der Waals surface area (Å²) in [5.74, 6) is 0.684. The minimum absolute atomic E-state index is 0.115. The lowest BCUT2D eigenvalue weighted by molar-refractivity contribution is -0.132. The third-order valence-electron chi connectivity index (χ3n) is 5.15. The predicted octanol–water partition coefficient (Wildman–Crippen LogP) is 4.18. The smallest absolute Gasteiger partial charge is 0.244 e. The second-order valence-corrected chi connectivity index (χ2v) is 9.01. The number of thioether (sulfide) groups is 1. The molecule has 0 aliphatic heterocycles. The molecule has 35 heavy (non-hydrogen) atoms. The van der Waals surface area contributed by atoms with Crippen molar-refractivity contribution >= 4 is 29.3 Å². The summed E-state index contributed by atoms with van der Waals surface area (Å²) in [7, 11) is 3.08. The SMILES string of the molecule is COc1ccc(NC(=O)CN(Cc2ccc(C)cc2)C(=O)CSc2nc(C)cc(C)n2)c(OC)c1. The van der Waals surface area contributed by atoms with Crippen molar-refractivity contribution in [2.75, 3.05) is 31.8 Å². The summed E-state index contributed by atoms with van der Waals surface area (Å²) in [4.78, 5) is 36.4. The van der Waals surface area contributed by atoms with Crippen molar-refractivity contribution in [3.05, 3.63) is 71.0 Å². The van der Waals surface area contributed by atoms with Crippen LogP contribution in [0.15, 0.2) is 53.7 Å². The molecule has 1 aromatic heterocycles. The van der Waals surface area contributed by atoms with E-state index in [2.05, 4.69) is 15.3 Å². The second-order valence-electron chi connectivity index (χ2n) is 8.07. The molecule has 0 fully saturated rings. The van der Waals surface area contributed by atoms with E-state index in [1.54, 1.807) is 25.3 Å². The van der Waals surface area contributed by atoms with Gasteiger partial charge in [-0.25, -0.2) is 9.97 Å². The molecule has 2 aromatic carbocycles. The number of hydrogen-bond acceptors (Lipinski definition) is 7. The Hall–Kier alpha value is -3.59. The van der Waals surface area contributed by atoms with Gasteiger partial charge in [-0.1, -0.05) is 41.6 Å². The Morgan fingerprint density at radius 1 is 0.943 bits per heavy atom. The van der Waals surface area contributed by atoms with Gasteiger partial charge in [0, 0.05) is 24.0 Å². The van der Waals surface area contributed by atoms with Gasteiger partial charge in [-0.15, -0.1) is 0 Å². The average molecular weight is 495 g/mol. The number of nitrogens with zero attached hydrogens (tertiary/aromatic N) is 3. The van der Waals surface area contributed by atoms with E-state index in [0.717, 1.165) is 22.5 Å². The lowest BCUT2D eigenvalue weighted by Gasteiger charge is -2.23. The number of anilines is 1. The van der Waals surface area contributed by atoms with E-state index in [-0.39, 0.29) is 24.1 Å². The van der Waals surface area contributed by atoms with Crippen LogP contribution < -0.4 is 14.8 Å². The Bertz CT molecular complexity index is 1160. The van der Waals surface area contributed by atoms with Crippen molar-refractivity contribution in [1.82, 2.24) is 14.9 Å². The van der Waals surface area contributed by atoms with Gasteiger partial charge in [0.2, 0.25) is 11.8 Å². The number of ether oxygens (including phenoxy) is 2. The number of hydrogen-bond donors (Lipinski definition) is 1. The van der Waals surface area contributed by atoms with Gasteiger partial charge in [0.25, 0.3) is 0 Å². The van der Waals surface area contributed by atoms with Crippen molar-refractivity contribution in [1.29, 1.82) is 0 Å². The van der Waals surface area contributed by atoms with Gasteiger partial charge in [-0.3, -0.25) is 9.59 Å². The number of nitrogens with one attached hydrogen (secondary N) is 1. The molecule has 0 bridgehead atoms. The first-order valence-electron chi connectivity index (χ1n) is 11.1. The highest BCUT2D eigenvalue weighted by Gasteiger charge is 2.20. The van der Waals surface area contributed by atoms with Crippen LogP contribution in [-0.4, -0.2) is 53.2 Å². The standard InChI is InChI=1S/C26H30N4O4S/c1-17-6-8-20(9-7-17)14-30(25(32)16-35-26-27-18(2)12-19(3)28-26)15-24(31)29-22-11-10-21(33-4)13-23(22)34-5/h6-13H,14-16H2,1-5H3,(H,29,31). The first kappa shape index (κ1) is 26.0. The fourth-order valence-corrected chi connectivity index (χ4v) is 4.24. The van der Waals surface area contributed by atoms with Crippen molar-refractivity contribution in [2.45, 2.75) is 32.5 Å². The maximum Gasteiger partial charge on any atom is 0.244 e. The van der Waals surface area contributed by atoms with Crippen LogP contribution in [0, 0.1) is 20.8 Å². The van der Waals surface area contributed by atoms with E-state index in [0.29, 0.717) is 28.9 Å². The number of aryl methyl sites for hydroxylation is 3. The van der Waals surface area contributed by atoms with Crippen LogP contribution in [-0.2, 0) is 16.1 Å². The molecule has 3 rings (SSSR count). The van der Waals surface area contributed by atoms with Gasteiger partial charge >= 0.3 is 0 Å². The molecule has 184 valence electrons. The number of carbonyl (C=O) groups is 2. The van der Waals surface area contributed by atoms with E-state index in [1.807, 2.05) is 51.1 Å². The largest absolute Gasteiger partial charge is 0.497 e. The Labute approximate surface area is 210 Å². The van der Waals surface area contributed by atoms with E-state index in [9.17, 15) is 9.59 Å². The number of rotatable bonds is 10. The average Bonchev–Trinajstić information content (AvgIpc) is 2.83. The van der Waals surface area contributed by atoms with Gasteiger partial charge < -0.3 is 19.7 Å². The number of aromatic nitrogens is 2. The maximum atomic E-state index is 13.2. The summed E-state index contributed by atoms with van der Waals surface area (Å²) in [6.07, 6.45) is 0. The summed E-state index contributed by atoms with van der Waals surface area (Å²) in [6.45, 7) is 5.98. The van der Waals surface area contributed by atoms with E-state index < -0.39 is 0 Å². The summed E-state index contributed by atoms with van der Waals surface area (Å²) in [5, 5.41) is 3.38. The Morgan fingerprint density at radius 2 is 1.63 bits per heavy atom. The summed E-state index contributed by atoms with van der Waals surface area (Å²) in [5.41, 5.74) is 4.25. The second kappa shape index (κ2) is 12.2. The van der Waals surface area contributed by atoms with Gasteiger partial charge in [-0.2, -0.15) is 0 Å². The molecule has 0 spiro atoms. The molecule has 3 aromatic rings. The quantitative estimate of drug-likeness (QED) is 0.334. The number of carbonyl (C=O) groups excluding carboxylic acids is 2. The van der Waals surface area contributed by atoms with Crippen molar-refractivity contribution in [3.63, 3.8) is 0 Å². The molecule has 1 N–H and O–H groups in total. The highest BCUT2D eigenvalue weighted by molar-refractivity contribution is 7.99. The lowest BCUT2D eigenvalue weighted by atomic mass is 10.1. The highest BCUT2D eigenvalue weighted by Crippen LogP contribution is 2.29. The zero-order valence-electron chi connectivity index (χ0n) is 20.6. The van der Waals surface area contributed by atoms with Gasteiger partial charge in [0.1, 0.15) is 18.0 Å². The number of amides is 2. The molecule has 9 heteroatoms. The number of benzene rings is 2. The third kappa shape index (κ3) is 7.71. The fraction of sp³-hybridized carbons (Fsp3) is 0.308. The van der Waals surface area contributed by atoms with Crippen LogP contribution in [0.4, 0.5) is 5.69 Å². The van der Waals surface area contributed by atoms with Gasteiger partial charge in [0.15, 0.2) is 5.16 Å². The van der Waals surface area contributed by atoms with E-state index in [4.69, 9.17) is 9.47 Å². The molecular formula is C26H30N4O4S. The summed E-state index contributed by atoms with van der Waals surface area (Å²) >= 11 is 1.26. The zero-order chi connectivity index (χ0) is 25.4. The molecular weight excluding hydrogens is 464 g/mol. The first-order valence-corrected chi connectivity index (χ1v) is 12.1. The van der Waals surface area contributed by atoms with Crippen molar-refractivity contribution < 1.29 is 19.1 Å². The third-order valence-corrected chi connectivity index (χ3v) is 5.98. The van der Waals surface area contributed by atoms with Gasteiger partial charge in [0.05, 0.1) is 25.7 Å². The molecule has 0 unspecified atom stereocenters. The topological polar surface area (TPSA) is 93.7 Å². The Balaban J connectivity index is 1.73. The predicted molar refractivity (Wildman–Crippen MR) is 137 cm³/mol. The summed E-state index contributed by atoms with van der Waals surface area (Å²) in [6, 6.07) is 14.9. The Kier molecular flexibility index (Phi) is 9.08. The normalized spacial score (nSPS) is 10.5. The molecule has 1 heterocycles.